The first kappa shape index (κ1) is 11.7. The molecule has 2 N–H and O–H groups in total. The molecule has 0 aromatic carbocycles. The predicted molar refractivity (Wildman–Crippen MR) is 62.7 cm³/mol. The third-order valence-corrected chi connectivity index (χ3v) is 3.94. The fraction of sp³-hybridized carbons (Fsp3) is 0.727. The fourth-order valence-electron chi connectivity index (χ4n) is 1.39. The molecule has 14 heavy (non-hydrogen) atoms. The molecule has 0 amide bonds. The Morgan fingerprint density at radius 3 is 2.14 bits per heavy atom. The summed E-state index contributed by atoms with van der Waals surface area (Å²) in [5.41, 5.74) is 7.22. The molecule has 0 saturated carbocycles. The van der Waals surface area contributed by atoms with E-state index in [0.29, 0.717) is 11.8 Å². The lowest BCUT2D eigenvalue weighted by Gasteiger charge is -2.11. The summed E-state index contributed by atoms with van der Waals surface area (Å²) in [4.78, 5) is 5.92. The number of nitrogens with two attached hydrogens (primary N) is 1. The molecule has 1 aromatic rings. The highest BCUT2D eigenvalue weighted by molar-refractivity contribution is 7.11. The van der Waals surface area contributed by atoms with Gasteiger partial charge in [-0.2, -0.15) is 0 Å². The zero-order valence-electron chi connectivity index (χ0n) is 9.66. The Kier molecular flexibility index (Phi) is 3.67. The number of aromatic nitrogens is 1. The van der Waals surface area contributed by atoms with E-state index in [4.69, 9.17) is 5.73 Å². The van der Waals surface area contributed by atoms with Gasteiger partial charge >= 0.3 is 0 Å². The lowest BCUT2D eigenvalue weighted by molar-refractivity contribution is 0.511. The lowest BCUT2D eigenvalue weighted by atomic mass is 10.1. The van der Waals surface area contributed by atoms with Crippen molar-refractivity contribution in [2.45, 2.75) is 46.6 Å². The van der Waals surface area contributed by atoms with Crippen molar-refractivity contribution in [2.24, 2.45) is 11.7 Å². The molecule has 3 heteroatoms. The normalized spacial score (nSPS) is 14.0. The second kappa shape index (κ2) is 4.41. The van der Waals surface area contributed by atoms with Crippen molar-refractivity contribution in [3.8, 4) is 0 Å². The molecule has 0 bridgehead atoms. The minimum atomic E-state index is 0.0891. The maximum Gasteiger partial charge on any atom is 0.110 e. The van der Waals surface area contributed by atoms with Crippen LogP contribution < -0.4 is 5.73 Å². The van der Waals surface area contributed by atoms with Crippen LogP contribution in [0.25, 0.3) is 0 Å². The lowest BCUT2D eigenvalue weighted by Crippen LogP contribution is -2.16. The van der Waals surface area contributed by atoms with Crippen molar-refractivity contribution in [1.29, 1.82) is 0 Å². The van der Waals surface area contributed by atoms with E-state index in [1.807, 2.05) is 0 Å². The Bertz CT molecular complexity index is 302. The minimum absolute atomic E-state index is 0.0891. The second-order valence-corrected chi connectivity index (χ2v) is 5.49. The third-order valence-electron chi connectivity index (χ3n) is 2.38. The molecule has 0 aliphatic carbocycles. The molecule has 2 nitrogen and oxygen atoms in total. The third kappa shape index (κ3) is 2.34. The summed E-state index contributed by atoms with van der Waals surface area (Å²) in [5.74, 6) is 1.01. The second-order valence-electron chi connectivity index (χ2n) is 4.43. The van der Waals surface area contributed by atoms with E-state index >= 15 is 0 Å². The Labute approximate surface area is 90.6 Å². The number of hydrogen-bond acceptors (Lipinski definition) is 3. The quantitative estimate of drug-likeness (QED) is 0.835. The molecule has 0 fully saturated rings. The summed E-state index contributed by atoms with van der Waals surface area (Å²) < 4.78 is 0. The first-order valence-corrected chi connectivity index (χ1v) is 5.98. The fourth-order valence-corrected chi connectivity index (χ4v) is 2.64. The standard InChI is InChI=1S/C11H20N2S/c1-6(2)9(12)11-13-8(5)10(14-11)7(3)4/h6-7,9H,12H2,1-5H3/t9-/m0/s1. The Morgan fingerprint density at radius 2 is 1.79 bits per heavy atom. The van der Waals surface area contributed by atoms with Crippen molar-refractivity contribution in [2.75, 3.05) is 0 Å². The van der Waals surface area contributed by atoms with Crippen molar-refractivity contribution < 1.29 is 0 Å². The molecular weight excluding hydrogens is 192 g/mol. The summed E-state index contributed by atoms with van der Waals surface area (Å²) in [6.07, 6.45) is 0. The first-order valence-electron chi connectivity index (χ1n) is 5.16. The zero-order chi connectivity index (χ0) is 10.9. The Morgan fingerprint density at radius 1 is 1.21 bits per heavy atom. The molecule has 0 radical (unpaired) electrons. The minimum Gasteiger partial charge on any atom is -0.322 e. The number of hydrogen-bond donors (Lipinski definition) is 1. The average molecular weight is 212 g/mol. The van der Waals surface area contributed by atoms with Crippen LogP contribution in [-0.2, 0) is 0 Å². The highest BCUT2D eigenvalue weighted by Gasteiger charge is 2.17. The van der Waals surface area contributed by atoms with E-state index in [9.17, 15) is 0 Å². The number of thiazole rings is 1. The van der Waals surface area contributed by atoms with Gasteiger partial charge in [-0.15, -0.1) is 11.3 Å². The van der Waals surface area contributed by atoms with E-state index in [2.05, 4.69) is 39.6 Å². The largest absolute Gasteiger partial charge is 0.322 e. The number of rotatable bonds is 3. The summed E-state index contributed by atoms with van der Waals surface area (Å²) in [7, 11) is 0. The topological polar surface area (TPSA) is 38.9 Å². The summed E-state index contributed by atoms with van der Waals surface area (Å²) in [5, 5.41) is 1.08. The molecule has 0 aliphatic rings. The highest BCUT2D eigenvalue weighted by atomic mass is 32.1. The van der Waals surface area contributed by atoms with Crippen LogP contribution in [0.3, 0.4) is 0 Å². The van der Waals surface area contributed by atoms with Crippen LogP contribution in [0.4, 0.5) is 0 Å². The van der Waals surface area contributed by atoms with Gasteiger partial charge in [0.05, 0.1) is 11.7 Å². The van der Waals surface area contributed by atoms with Crippen LogP contribution in [0.1, 0.15) is 55.2 Å². The van der Waals surface area contributed by atoms with Gasteiger partial charge in [-0.05, 0) is 18.8 Å². The van der Waals surface area contributed by atoms with E-state index in [1.54, 1.807) is 11.3 Å². The van der Waals surface area contributed by atoms with Crippen LogP contribution in [0.5, 0.6) is 0 Å². The molecule has 0 aliphatic heterocycles. The molecule has 1 heterocycles. The molecule has 1 aromatic heterocycles. The van der Waals surface area contributed by atoms with E-state index in [0.717, 1.165) is 10.7 Å². The monoisotopic (exact) mass is 212 g/mol. The summed E-state index contributed by atoms with van der Waals surface area (Å²) in [6, 6.07) is 0.0891. The Hall–Kier alpha value is -0.410. The van der Waals surface area contributed by atoms with E-state index < -0.39 is 0 Å². The molecule has 80 valence electrons. The molecular formula is C11H20N2S. The summed E-state index contributed by atoms with van der Waals surface area (Å²) in [6.45, 7) is 10.7. The van der Waals surface area contributed by atoms with Gasteiger partial charge in [0, 0.05) is 4.88 Å². The maximum atomic E-state index is 6.07. The van der Waals surface area contributed by atoms with E-state index in [1.165, 1.54) is 4.88 Å². The van der Waals surface area contributed by atoms with Crippen LogP contribution >= 0.6 is 11.3 Å². The predicted octanol–water partition coefficient (Wildman–Crippen LogP) is 3.23. The van der Waals surface area contributed by atoms with Gasteiger partial charge in [0.15, 0.2) is 0 Å². The van der Waals surface area contributed by atoms with Gasteiger partial charge in [-0.3, -0.25) is 0 Å². The zero-order valence-corrected chi connectivity index (χ0v) is 10.5. The average Bonchev–Trinajstić information content (AvgIpc) is 2.45. The van der Waals surface area contributed by atoms with Gasteiger partial charge in [0.25, 0.3) is 0 Å². The van der Waals surface area contributed by atoms with E-state index in [-0.39, 0.29) is 6.04 Å². The highest BCUT2D eigenvalue weighted by Crippen LogP contribution is 2.30. The number of nitrogens with zero attached hydrogens (tertiary/aromatic N) is 1. The van der Waals surface area contributed by atoms with Crippen LogP contribution in [-0.4, -0.2) is 4.98 Å². The van der Waals surface area contributed by atoms with Crippen LogP contribution in [0.2, 0.25) is 0 Å². The van der Waals surface area contributed by atoms with Gasteiger partial charge < -0.3 is 5.73 Å². The van der Waals surface area contributed by atoms with Crippen LogP contribution in [0.15, 0.2) is 0 Å². The van der Waals surface area contributed by atoms with Gasteiger partial charge in [-0.25, -0.2) is 4.98 Å². The van der Waals surface area contributed by atoms with Crippen molar-refractivity contribution in [3.63, 3.8) is 0 Å². The van der Waals surface area contributed by atoms with Gasteiger partial charge in [-0.1, -0.05) is 27.7 Å². The first-order chi connectivity index (χ1) is 6.43. The number of aryl methyl sites for hydroxylation is 1. The Balaban J connectivity index is 2.96. The van der Waals surface area contributed by atoms with Crippen molar-refractivity contribution >= 4 is 11.3 Å². The molecule has 0 saturated heterocycles. The molecule has 0 spiro atoms. The van der Waals surface area contributed by atoms with Gasteiger partial charge in [0.1, 0.15) is 5.01 Å². The van der Waals surface area contributed by atoms with Gasteiger partial charge in [0.2, 0.25) is 0 Å². The molecule has 1 atom stereocenters. The SMILES string of the molecule is Cc1nc([C@@H](N)C(C)C)sc1C(C)C. The smallest absolute Gasteiger partial charge is 0.110 e. The van der Waals surface area contributed by atoms with Crippen molar-refractivity contribution in [1.82, 2.24) is 4.98 Å². The summed E-state index contributed by atoms with van der Waals surface area (Å²) >= 11 is 1.77. The molecule has 1 rings (SSSR count). The molecule has 0 unspecified atom stereocenters. The van der Waals surface area contributed by atoms with Crippen LogP contribution in [0, 0.1) is 12.8 Å². The van der Waals surface area contributed by atoms with Crippen molar-refractivity contribution in [3.05, 3.63) is 15.6 Å². The maximum absolute atomic E-state index is 6.07.